The van der Waals surface area contributed by atoms with E-state index in [0.29, 0.717) is 0 Å². The van der Waals surface area contributed by atoms with E-state index < -0.39 is 0 Å². The van der Waals surface area contributed by atoms with Gasteiger partial charge in [0.1, 0.15) is 0 Å². The smallest absolute Gasteiger partial charge is 1.00 e. The average molecular weight is 210 g/mol. The van der Waals surface area contributed by atoms with Crippen LogP contribution in [-0.2, 0) is 16.0 Å². The summed E-state index contributed by atoms with van der Waals surface area (Å²) in [5.74, 6) is -0.252. The molecule has 1 aromatic rings. The van der Waals surface area contributed by atoms with Crippen molar-refractivity contribution in [2.75, 3.05) is 7.11 Å². The number of methoxy groups -OCH3 is 1. The zero-order valence-corrected chi connectivity index (χ0v) is 9.46. The maximum Gasteiger partial charge on any atom is 2.00 e. The second-order valence-corrected chi connectivity index (χ2v) is 2.05. The molecule has 0 atom stereocenters. The number of ether oxygens (including phenoxy) is 1. The maximum absolute atomic E-state index is 10.7. The molecule has 0 amide bonds. The third-order valence-electron chi connectivity index (χ3n) is 1.25. The Morgan fingerprint density at radius 1 is 1.69 bits per heavy atom. The van der Waals surface area contributed by atoms with Crippen LogP contribution in [0.25, 0.3) is 0 Å². The van der Waals surface area contributed by atoms with Gasteiger partial charge in [0.05, 0.1) is 7.11 Å². The van der Waals surface area contributed by atoms with Gasteiger partial charge in [0.2, 0.25) is 0 Å². The van der Waals surface area contributed by atoms with Gasteiger partial charge < -0.3 is 22.1 Å². The van der Waals surface area contributed by atoms with Crippen LogP contribution < -0.4 is 12.4 Å². The van der Waals surface area contributed by atoms with Crippen molar-refractivity contribution in [1.82, 2.24) is 4.98 Å². The molecule has 0 aliphatic heterocycles. The van der Waals surface area contributed by atoms with E-state index in [1.807, 2.05) is 0 Å². The number of pyridine rings is 1. The van der Waals surface area contributed by atoms with Crippen molar-refractivity contribution in [2.24, 2.45) is 0 Å². The van der Waals surface area contributed by atoms with Crippen LogP contribution in [0.3, 0.4) is 0 Å². The Bertz CT molecular complexity index is 243. The van der Waals surface area contributed by atoms with E-state index in [1.165, 1.54) is 7.11 Å². The van der Waals surface area contributed by atoms with Gasteiger partial charge in [0, 0.05) is 6.42 Å². The Morgan fingerprint density at radius 3 is 2.85 bits per heavy atom. The molecule has 1 aromatic heterocycles. The first-order chi connectivity index (χ1) is 5.33. The molecule has 13 heavy (non-hydrogen) atoms. The molecule has 0 aliphatic carbocycles. The van der Waals surface area contributed by atoms with Gasteiger partial charge in [0.25, 0.3) is 0 Å². The predicted octanol–water partition coefficient (Wildman–Crippen LogP) is -2.78. The zero-order valence-electron chi connectivity index (χ0n) is 7.29. The fourth-order valence-corrected chi connectivity index (χ4v) is 0.694. The molecule has 66 valence electrons. The van der Waals surface area contributed by atoms with Gasteiger partial charge in [0.15, 0.2) is 0 Å². The molecule has 0 fully saturated rings. The SMILES string of the molecule is COC(=O)Cc1cc[c-]nc1.[Cl-].[Mg+2]. The summed E-state index contributed by atoms with van der Waals surface area (Å²) in [6, 6.07) is 3.45. The van der Waals surface area contributed by atoms with E-state index in [0.717, 1.165) is 5.56 Å². The molecule has 0 aliphatic rings. The quantitative estimate of drug-likeness (QED) is 0.301. The van der Waals surface area contributed by atoms with Crippen molar-refractivity contribution in [1.29, 1.82) is 0 Å². The summed E-state index contributed by atoms with van der Waals surface area (Å²) in [7, 11) is 1.37. The number of carbonyl (C=O) groups is 1. The van der Waals surface area contributed by atoms with Crippen LogP contribution in [0.2, 0.25) is 0 Å². The number of halogens is 1. The van der Waals surface area contributed by atoms with Crippen LogP contribution in [0.4, 0.5) is 0 Å². The summed E-state index contributed by atoms with van der Waals surface area (Å²) >= 11 is 0. The molecule has 0 aromatic carbocycles. The predicted molar refractivity (Wildman–Crippen MR) is 44.5 cm³/mol. The van der Waals surface area contributed by atoms with Crippen LogP contribution in [0, 0.1) is 6.20 Å². The summed E-state index contributed by atoms with van der Waals surface area (Å²) < 4.78 is 4.48. The van der Waals surface area contributed by atoms with Crippen molar-refractivity contribution < 1.29 is 21.9 Å². The Morgan fingerprint density at radius 2 is 2.38 bits per heavy atom. The third-order valence-corrected chi connectivity index (χ3v) is 1.25. The van der Waals surface area contributed by atoms with Crippen molar-refractivity contribution in [2.45, 2.75) is 6.42 Å². The standard InChI is InChI=1S/C8H8NO2.ClH.Mg/c1-11-8(10)5-7-3-2-4-9-6-7;;/h2-3,6H,5H2,1H3;1H;/q-1;;+2/p-1. The van der Waals surface area contributed by atoms with Crippen molar-refractivity contribution >= 4 is 29.0 Å². The van der Waals surface area contributed by atoms with Crippen molar-refractivity contribution in [3.63, 3.8) is 0 Å². The van der Waals surface area contributed by atoms with Crippen LogP contribution in [0.5, 0.6) is 0 Å². The van der Waals surface area contributed by atoms with Crippen molar-refractivity contribution in [3.05, 3.63) is 30.1 Å². The fraction of sp³-hybridized carbons (Fsp3) is 0.250. The third kappa shape index (κ3) is 5.84. The van der Waals surface area contributed by atoms with Crippen molar-refractivity contribution in [3.8, 4) is 0 Å². The first kappa shape index (κ1) is 15.2. The molecule has 0 saturated heterocycles. The number of rotatable bonds is 2. The van der Waals surface area contributed by atoms with Crippen LogP contribution in [-0.4, -0.2) is 41.1 Å². The van der Waals surface area contributed by atoms with Crippen LogP contribution in [0.15, 0.2) is 18.3 Å². The molecule has 0 radical (unpaired) electrons. The Kier molecular flexibility index (Phi) is 9.66. The van der Waals surface area contributed by atoms with Gasteiger partial charge in [-0.25, -0.2) is 0 Å². The van der Waals surface area contributed by atoms with E-state index in [2.05, 4.69) is 15.9 Å². The number of carbonyl (C=O) groups excluding carboxylic acids is 1. The molecule has 0 bridgehead atoms. The van der Waals surface area contributed by atoms with E-state index in [-0.39, 0.29) is 47.8 Å². The molecule has 0 saturated carbocycles. The number of aromatic nitrogens is 1. The summed E-state index contributed by atoms with van der Waals surface area (Å²) in [4.78, 5) is 14.5. The monoisotopic (exact) mass is 209 g/mol. The maximum atomic E-state index is 10.7. The summed E-state index contributed by atoms with van der Waals surface area (Å²) in [5, 5.41) is 0. The van der Waals surface area contributed by atoms with Gasteiger partial charge in [-0.15, -0.1) is 5.56 Å². The minimum absolute atomic E-state index is 0. The molecule has 5 heteroatoms. The zero-order chi connectivity index (χ0) is 8.10. The molecular weight excluding hydrogens is 202 g/mol. The molecule has 1 rings (SSSR count). The number of esters is 1. The first-order valence-electron chi connectivity index (χ1n) is 3.20. The largest absolute Gasteiger partial charge is 2.00 e. The fourth-order valence-electron chi connectivity index (χ4n) is 0.694. The molecule has 1 heterocycles. The minimum atomic E-state index is -0.252. The number of hydrogen-bond donors (Lipinski definition) is 0. The van der Waals surface area contributed by atoms with E-state index in [9.17, 15) is 4.79 Å². The molecule has 0 spiro atoms. The average Bonchev–Trinajstić information content (AvgIpc) is 2.06. The molecule has 3 nitrogen and oxygen atoms in total. The van der Waals surface area contributed by atoms with Crippen LogP contribution in [0.1, 0.15) is 5.56 Å². The van der Waals surface area contributed by atoms with E-state index in [4.69, 9.17) is 0 Å². The van der Waals surface area contributed by atoms with Gasteiger partial charge >= 0.3 is 29.0 Å². The van der Waals surface area contributed by atoms with Gasteiger partial charge in [-0.3, -0.25) is 4.79 Å². The summed E-state index contributed by atoms with van der Waals surface area (Å²) in [5.41, 5.74) is 0.843. The van der Waals surface area contributed by atoms with E-state index >= 15 is 0 Å². The normalized spacial score (nSPS) is 7.77. The summed E-state index contributed by atoms with van der Waals surface area (Å²) in [6.45, 7) is 0. The molecule has 0 N–H and O–H groups in total. The molecule has 0 unspecified atom stereocenters. The Balaban J connectivity index is 0. The summed E-state index contributed by atoms with van der Waals surface area (Å²) in [6.07, 6.45) is 4.49. The Hall–Kier alpha value is -0.324. The topological polar surface area (TPSA) is 39.2 Å². The number of hydrogen-bond acceptors (Lipinski definition) is 3. The van der Waals surface area contributed by atoms with E-state index in [1.54, 1.807) is 18.3 Å². The minimum Gasteiger partial charge on any atom is -1.00 e. The first-order valence-corrected chi connectivity index (χ1v) is 3.20. The Labute approximate surface area is 99.4 Å². The number of nitrogens with zero attached hydrogens (tertiary/aromatic N) is 1. The van der Waals surface area contributed by atoms with Gasteiger partial charge in [-0.1, -0.05) is 12.4 Å². The second kappa shape index (κ2) is 8.28. The van der Waals surface area contributed by atoms with Crippen LogP contribution >= 0.6 is 0 Å². The van der Waals surface area contributed by atoms with Gasteiger partial charge in [-0.05, 0) is 0 Å². The van der Waals surface area contributed by atoms with Gasteiger partial charge in [-0.2, -0.15) is 12.1 Å². The second-order valence-electron chi connectivity index (χ2n) is 2.05. The molecular formula is C8H8ClMgNO2.